The van der Waals surface area contributed by atoms with E-state index in [9.17, 15) is 4.39 Å². The van der Waals surface area contributed by atoms with Crippen LogP contribution >= 0.6 is 11.6 Å². The van der Waals surface area contributed by atoms with Gasteiger partial charge in [-0.15, -0.1) is 11.6 Å². The van der Waals surface area contributed by atoms with E-state index in [-0.39, 0.29) is 12.4 Å². The maximum Gasteiger partial charge on any atom is 0.129 e. The van der Waals surface area contributed by atoms with Gasteiger partial charge in [0.2, 0.25) is 0 Å². The standard InChI is InChI=1S/C17H14ClFO/c1-13-11-16(9-8-14(13)6-4-10-18)20-12-15-5-2-3-7-17(15)19/h2-3,5,7-9,11H,10,12H2,1H3. The number of rotatable bonds is 3. The molecule has 0 aliphatic rings. The van der Waals surface area contributed by atoms with Crippen LogP contribution in [-0.2, 0) is 6.61 Å². The Labute approximate surface area is 123 Å². The van der Waals surface area contributed by atoms with E-state index in [1.54, 1.807) is 18.2 Å². The summed E-state index contributed by atoms with van der Waals surface area (Å²) in [7, 11) is 0. The number of ether oxygens (including phenoxy) is 1. The largest absolute Gasteiger partial charge is 0.489 e. The molecule has 0 saturated heterocycles. The van der Waals surface area contributed by atoms with Gasteiger partial charge in [-0.25, -0.2) is 4.39 Å². The summed E-state index contributed by atoms with van der Waals surface area (Å²) in [6.07, 6.45) is 0. The summed E-state index contributed by atoms with van der Waals surface area (Å²) in [5.41, 5.74) is 2.47. The fraction of sp³-hybridized carbons (Fsp3) is 0.176. The van der Waals surface area contributed by atoms with Crippen molar-refractivity contribution in [3.05, 3.63) is 65.0 Å². The smallest absolute Gasteiger partial charge is 0.129 e. The monoisotopic (exact) mass is 288 g/mol. The Bertz CT molecular complexity index is 656. The van der Waals surface area contributed by atoms with Gasteiger partial charge in [-0.05, 0) is 36.8 Å². The number of alkyl halides is 1. The topological polar surface area (TPSA) is 9.23 Å². The SMILES string of the molecule is Cc1cc(OCc2ccccc2F)ccc1C#CCCl. The molecule has 2 aromatic rings. The van der Waals surface area contributed by atoms with Gasteiger partial charge in [-0.3, -0.25) is 0 Å². The Balaban J connectivity index is 2.08. The van der Waals surface area contributed by atoms with Crippen LogP contribution in [-0.4, -0.2) is 5.88 Å². The second-order valence-electron chi connectivity index (χ2n) is 4.29. The Kier molecular flexibility index (Phi) is 5.03. The van der Waals surface area contributed by atoms with Crippen molar-refractivity contribution in [2.45, 2.75) is 13.5 Å². The molecule has 3 heteroatoms. The molecular formula is C17H14ClFO. The normalized spacial score (nSPS) is 9.75. The zero-order valence-corrected chi connectivity index (χ0v) is 11.9. The Morgan fingerprint density at radius 2 is 2.00 bits per heavy atom. The van der Waals surface area contributed by atoms with Crippen molar-refractivity contribution in [3.63, 3.8) is 0 Å². The first-order valence-corrected chi connectivity index (χ1v) is 6.76. The molecule has 0 N–H and O–H groups in total. The Hall–Kier alpha value is -1.98. The van der Waals surface area contributed by atoms with E-state index in [2.05, 4.69) is 11.8 Å². The van der Waals surface area contributed by atoms with Crippen molar-refractivity contribution in [1.82, 2.24) is 0 Å². The molecule has 0 radical (unpaired) electrons. The Morgan fingerprint density at radius 3 is 2.70 bits per heavy atom. The highest BCUT2D eigenvalue weighted by Crippen LogP contribution is 2.18. The second kappa shape index (κ2) is 6.98. The molecule has 0 atom stereocenters. The quantitative estimate of drug-likeness (QED) is 0.604. The zero-order valence-electron chi connectivity index (χ0n) is 11.1. The molecule has 0 amide bonds. The van der Waals surface area contributed by atoms with E-state index >= 15 is 0 Å². The predicted octanol–water partition coefficient (Wildman–Crippen LogP) is 4.30. The lowest BCUT2D eigenvalue weighted by Crippen LogP contribution is -1.98. The molecule has 0 fully saturated rings. The molecule has 0 aliphatic carbocycles. The van der Waals surface area contributed by atoms with Crippen molar-refractivity contribution >= 4 is 11.6 Å². The van der Waals surface area contributed by atoms with Gasteiger partial charge in [0.15, 0.2) is 0 Å². The molecule has 0 unspecified atom stereocenters. The molecule has 20 heavy (non-hydrogen) atoms. The van der Waals surface area contributed by atoms with Crippen molar-refractivity contribution in [2.75, 3.05) is 5.88 Å². The third-order valence-electron chi connectivity index (χ3n) is 2.84. The third-order valence-corrected chi connectivity index (χ3v) is 2.97. The minimum atomic E-state index is -0.256. The maximum atomic E-state index is 13.5. The van der Waals surface area contributed by atoms with E-state index < -0.39 is 0 Å². The van der Waals surface area contributed by atoms with Crippen LogP contribution in [0.2, 0.25) is 0 Å². The average molecular weight is 289 g/mol. The van der Waals surface area contributed by atoms with Crippen LogP contribution in [0.15, 0.2) is 42.5 Å². The number of hydrogen-bond acceptors (Lipinski definition) is 1. The summed E-state index contributed by atoms with van der Waals surface area (Å²) in [5, 5.41) is 0. The summed E-state index contributed by atoms with van der Waals surface area (Å²) in [6, 6.07) is 12.2. The number of aryl methyl sites for hydroxylation is 1. The Morgan fingerprint density at radius 1 is 1.20 bits per heavy atom. The van der Waals surface area contributed by atoms with E-state index in [0.717, 1.165) is 11.1 Å². The first-order chi connectivity index (χ1) is 9.70. The lowest BCUT2D eigenvalue weighted by atomic mass is 10.1. The van der Waals surface area contributed by atoms with Crippen molar-refractivity contribution in [2.24, 2.45) is 0 Å². The summed E-state index contributed by atoms with van der Waals surface area (Å²) < 4.78 is 19.1. The molecule has 0 bridgehead atoms. The fourth-order valence-electron chi connectivity index (χ4n) is 1.77. The van der Waals surface area contributed by atoms with Crippen LogP contribution in [0.1, 0.15) is 16.7 Å². The molecule has 102 valence electrons. The van der Waals surface area contributed by atoms with E-state index in [4.69, 9.17) is 16.3 Å². The zero-order chi connectivity index (χ0) is 14.4. The molecular weight excluding hydrogens is 275 g/mol. The molecule has 2 aromatic carbocycles. The number of halogens is 2. The average Bonchev–Trinajstić information content (AvgIpc) is 2.45. The van der Waals surface area contributed by atoms with Crippen LogP contribution < -0.4 is 4.74 Å². The second-order valence-corrected chi connectivity index (χ2v) is 4.56. The molecule has 2 rings (SSSR count). The van der Waals surface area contributed by atoms with E-state index in [1.165, 1.54) is 6.07 Å². The highest BCUT2D eigenvalue weighted by Gasteiger charge is 2.03. The molecule has 0 heterocycles. The van der Waals surface area contributed by atoms with Crippen LogP contribution in [0.25, 0.3) is 0 Å². The van der Waals surface area contributed by atoms with Gasteiger partial charge in [0.1, 0.15) is 18.2 Å². The van der Waals surface area contributed by atoms with Gasteiger partial charge in [-0.2, -0.15) is 0 Å². The summed E-state index contributed by atoms with van der Waals surface area (Å²) in [5.74, 6) is 6.54. The molecule has 0 aliphatic heterocycles. The van der Waals surface area contributed by atoms with Gasteiger partial charge in [0.25, 0.3) is 0 Å². The molecule has 0 saturated carbocycles. The first kappa shape index (κ1) is 14.4. The summed E-state index contributed by atoms with van der Waals surface area (Å²) in [4.78, 5) is 0. The van der Waals surface area contributed by atoms with Crippen molar-refractivity contribution in [3.8, 4) is 17.6 Å². The van der Waals surface area contributed by atoms with Crippen LogP contribution in [0.3, 0.4) is 0 Å². The van der Waals surface area contributed by atoms with Crippen LogP contribution in [0, 0.1) is 24.6 Å². The first-order valence-electron chi connectivity index (χ1n) is 6.22. The molecule has 0 aromatic heterocycles. The van der Waals surface area contributed by atoms with E-state index in [0.29, 0.717) is 17.2 Å². The summed E-state index contributed by atoms with van der Waals surface area (Å²) in [6.45, 7) is 2.16. The van der Waals surface area contributed by atoms with Gasteiger partial charge >= 0.3 is 0 Å². The van der Waals surface area contributed by atoms with Crippen LogP contribution in [0.5, 0.6) is 5.75 Å². The van der Waals surface area contributed by atoms with Gasteiger partial charge in [0, 0.05) is 11.1 Å². The number of hydrogen-bond donors (Lipinski definition) is 0. The van der Waals surface area contributed by atoms with Gasteiger partial charge in [-0.1, -0.05) is 30.0 Å². The minimum absolute atomic E-state index is 0.207. The van der Waals surface area contributed by atoms with Crippen molar-refractivity contribution in [1.29, 1.82) is 0 Å². The number of benzene rings is 2. The highest BCUT2D eigenvalue weighted by molar-refractivity contribution is 6.19. The van der Waals surface area contributed by atoms with Gasteiger partial charge < -0.3 is 4.74 Å². The van der Waals surface area contributed by atoms with Gasteiger partial charge in [0.05, 0.1) is 5.88 Å². The fourth-order valence-corrected chi connectivity index (χ4v) is 1.84. The molecule has 0 spiro atoms. The summed E-state index contributed by atoms with van der Waals surface area (Å²) >= 11 is 5.53. The minimum Gasteiger partial charge on any atom is -0.489 e. The van der Waals surface area contributed by atoms with Crippen LogP contribution in [0.4, 0.5) is 4.39 Å². The third kappa shape index (κ3) is 3.76. The highest BCUT2D eigenvalue weighted by atomic mass is 35.5. The maximum absolute atomic E-state index is 13.5. The molecule has 1 nitrogen and oxygen atoms in total. The van der Waals surface area contributed by atoms with E-state index in [1.807, 2.05) is 25.1 Å². The lowest BCUT2D eigenvalue weighted by molar-refractivity contribution is 0.299. The predicted molar refractivity (Wildman–Crippen MR) is 79.5 cm³/mol. The lowest BCUT2D eigenvalue weighted by Gasteiger charge is -2.08. The van der Waals surface area contributed by atoms with Crippen molar-refractivity contribution < 1.29 is 9.13 Å².